The number of nitrogens with one attached hydrogen (secondary N) is 1. The standard InChI is InChI=1S/C22H25ClN2O4/c1-16(2)25(14-17-6-4-3-5-7-17)20(26)15-29-21(27)12-13-24-22(28)18-8-10-19(23)11-9-18/h3-11,16H,12-15H2,1-2H3,(H,24,28). The molecule has 0 unspecified atom stereocenters. The number of carbonyl (C=O) groups excluding carboxylic acids is 3. The second-order valence-corrected chi connectivity index (χ2v) is 7.21. The predicted octanol–water partition coefficient (Wildman–Crippen LogP) is 3.44. The van der Waals surface area contributed by atoms with Gasteiger partial charge in [0.15, 0.2) is 6.61 Å². The van der Waals surface area contributed by atoms with Crippen LogP contribution in [-0.4, -0.2) is 41.9 Å². The van der Waals surface area contributed by atoms with Gasteiger partial charge in [0.1, 0.15) is 0 Å². The number of benzene rings is 2. The maximum atomic E-state index is 12.5. The summed E-state index contributed by atoms with van der Waals surface area (Å²) in [5.74, 6) is -1.11. The minimum atomic E-state index is -0.543. The first-order chi connectivity index (χ1) is 13.9. The summed E-state index contributed by atoms with van der Waals surface area (Å²) in [6.45, 7) is 4.07. The van der Waals surface area contributed by atoms with E-state index in [0.29, 0.717) is 17.1 Å². The lowest BCUT2D eigenvalue weighted by atomic mass is 10.2. The van der Waals surface area contributed by atoms with E-state index < -0.39 is 5.97 Å². The third-order valence-electron chi connectivity index (χ3n) is 4.22. The van der Waals surface area contributed by atoms with Gasteiger partial charge in [0.05, 0.1) is 6.42 Å². The molecule has 0 saturated heterocycles. The Kier molecular flexibility index (Phi) is 8.68. The Bertz CT molecular complexity index is 822. The van der Waals surface area contributed by atoms with Crippen molar-refractivity contribution in [2.24, 2.45) is 0 Å². The molecule has 0 aliphatic carbocycles. The van der Waals surface area contributed by atoms with Crippen molar-refractivity contribution in [1.82, 2.24) is 10.2 Å². The Morgan fingerprint density at radius 3 is 2.31 bits per heavy atom. The molecule has 0 aromatic heterocycles. The van der Waals surface area contributed by atoms with Gasteiger partial charge in [-0.2, -0.15) is 0 Å². The molecule has 0 saturated carbocycles. The van der Waals surface area contributed by atoms with Gasteiger partial charge in [0.2, 0.25) is 0 Å². The highest BCUT2D eigenvalue weighted by molar-refractivity contribution is 6.30. The number of carbonyl (C=O) groups is 3. The fraction of sp³-hybridized carbons (Fsp3) is 0.318. The summed E-state index contributed by atoms with van der Waals surface area (Å²) in [6.07, 6.45) is -0.0209. The maximum Gasteiger partial charge on any atom is 0.308 e. The van der Waals surface area contributed by atoms with Crippen LogP contribution < -0.4 is 5.32 Å². The average Bonchev–Trinajstić information content (AvgIpc) is 2.71. The first-order valence-corrected chi connectivity index (χ1v) is 9.77. The molecule has 154 valence electrons. The number of amides is 2. The maximum absolute atomic E-state index is 12.5. The van der Waals surface area contributed by atoms with Crippen LogP contribution >= 0.6 is 11.6 Å². The molecule has 0 radical (unpaired) electrons. The quantitative estimate of drug-likeness (QED) is 0.635. The lowest BCUT2D eigenvalue weighted by Crippen LogP contribution is -2.39. The first kappa shape index (κ1) is 22.4. The minimum Gasteiger partial charge on any atom is -0.456 e. The summed E-state index contributed by atoms with van der Waals surface area (Å²) in [5.41, 5.74) is 1.46. The van der Waals surface area contributed by atoms with E-state index in [2.05, 4.69) is 5.32 Å². The summed E-state index contributed by atoms with van der Waals surface area (Å²) in [5, 5.41) is 3.17. The van der Waals surface area contributed by atoms with Crippen LogP contribution in [0.4, 0.5) is 0 Å². The van der Waals surface area contributed by atoms with Crippen LogP contribution in [0, 0.1) is 0 Å². The predicted molar refractivity (Wildman–Crippen MR) is 111 cm³/mol. The van der Waals surface area contributed by atoms with Crippen molar-refractivity contribution in [2.45, 2.75) is 32.9 Å². The SMILES string of the molecule is CC(C)N(Cc1ccccc1)C(=O)COC(=O)CCNC(=O)c1ccc(Cl)cc1. The molecule has 0 aliphatic heterocycles. The van der Waals surface area contributed by atoms with Gasteiger partial charge < -0.3 is 15.0 Å². The molecule has 0 fully saturated rings. The molecular weight excluding hydrogens is 392 g/mol. The van der Waals surface area contributed by atoms with Gasteiger partial charge in [0.25, 0.3) is 11.8 Å². The smallest absolute Gasteiger partial charge is 0.308 e. The number of nitrogens with zero attached hydrogens (tertiary/aromatic N) is 1. The Morgan fingerprint density at radius 1 is 1.03 bits per heavy atom. The van der Waals surface area contributed by atoms with Gasteiger partial charge in [-0.25, -0.2) is 0 Å². The molecule has 7 heteroatoms. The summed E-state index contributed by atoms with van der Waals surface area (Å²) in [4.78, 5) is 38.0. The Hall–Kier alpha value is -2.86. The van der Waals surface area contributed by atoms with Crippen molar-refractivity contribution >= 4 is 29.4 Å². The van der Waals surface area contributed by atoms with Gasteiger partial charge >= 0.3 is 5.97 Å². The monoisotopic (exact) mass is 416 g/mol. The minimum absolute atomic E-state index is 0.0209. The van der Waals surface area contributed by atoms with Gasteiger partial charge in [-0.3, -0.25) is 14.4 Å². The zero-order valence-electron chi connectivity index (χ0n) is 16.6. The normalized spacial score (nSPS) is 10.5. The highest BCUT2D eigenvalue weighted by Gasteiger charge is 2.19. The van der Waals surface area contributed by atoms with E-state index in [1.165, 1.54) is 0 Å². The molecule has 2 rings (SSSR count). The summed E-state index contributed by atoms with van der Waals surface area (Å²) in [6, 6.07) is 16.0. The molecule has 2 aromatic carbocycles. The van der Waals surface area contributed by atoms with E-state index in [4.69, 9.17) is 16.3 Å². The van der Waals surface area contributed by atoms with Crippen molar-refractivity contribution in [3.63, 3.8) is 0 Å². The molecule has 2 aromatic rings. The third kappa shape index (κ3) is 7.58. The van der Waals surface area contributed by atoms with Crippen LogP contribution in [0.1, 0.15) is 36.2 Å². The number of hydrogen-bond acceptors (Lipinski definition) is 4. The van der Waals surface area contributed by atoms with E-state index in [0.717, 1.165) is 5.56 Å². The highest BCUT2D eigenvalue weighted by Crippen LogP contribution is 2.10. The van der Waals surface area contributed by atoms with Crippen molar-refractivity contribution in [2.75, 3.05) is 13.2 Å². The second-order valence-electron chi connectivity index (χ2n) is 6.77. The average molecular weight is 417 g/mol. The Labute approximate surface area is 175 Å². The van der Waals surface area contributed by atoms with Gasteiger partial charge in [-0.05, 0) is 43.7 Å². The fourth-order valence-corrected chi connectivity index (χ4v) is 2.74. The zero-order chi connectivity index (χ0) is 21.2. The second kappa shape index (κ2) is 11.2. The van der Waals surface area contributed by atoms with Crippen LogP contribution in [0.25, 0.3) is 0 Å². The van der Waals surface area contributed by atoms with Gasteiger partial charge in [0, 0.05) is 29.7 Å². The van der Waals surface area contributed by atoms with Crippen molar-refractivity contribution < 1.29 is 19.1 Å². The summed E-state index contributed by atoms with van der Waals surface area (Å²) < 4.78 is 5.08. The van der Waals surface area contributed by atoms with Crippen LogP contribution in [-0.2, 0) is 20.9 Å². The van der Waals surface area contributed by atoms with Gasteiger partial charge in [-0.1, -0.05) is 41.9 Å². The van der Waals surface area contributed by atoms with E-state index in [1.807, 2.05) is 44.2 Å². The molecule has 1 N–H and O–H groups in total. The molecule has 0 bridgehead atoms. The Morgan fingerprint density at radius 2 is 1.69 bits per heavy atom. The summed E-state index contributed by atoms with van der Waals surface area (Å²) in [7, 11) is 0. The van der Waals surface area contributed by atoms with Crippen LogP contribution in [0.2, 0.25) is 5.02 Å². The van der Waals surface area contributed by atoms with Crippen molar-refractivity contribution in [1.29, 1.82) is 0 Å². The molecule has 0 atom stereocenters. The lowest BCUT2D eigenvalue weighted by Gasteiger charge is -2.26. The van der Waals surface area contributed by atoms with Crippen LogP contribution in [0.3, 0.4) is 0 Å². The van der Waals surface area contributed by atoms with Crippen LogP contribution in [0.5, 0.6) is 0 Å². The largest absolute Gasteiger partial charge is 0.456 e. The third-order valence-corrected chi connectivity index (χ3v) is 4.47. The first-order valence-electron chi connectivity index (χ1n) is 9.39. The number of ether oxygens (including phenoxy) is 1. The molecule has 2 amide bonds. The summed E-state index contributed by atoms with van der Waals surface area (Å²) >= 11 is 5.79. The number of rotatable bonds is 9. The number of halogens is 1. The van der Waals surface area contributed by atoms with Crippen molar-refractivity contribution in [3.05, 3.63) is 70.7 Å². The number of esters is 1. The van der Waals surface area contributed by atoms with Crippen LogP contribution in [0.15, 0.2) is 54.6 Å². The molecule has 0 spiro atoms. The Balaban J connectivity index is 1.74. The topological polar surface area (TPSA) is 75.7 Å². The molecule has 0 heterocycles. The van der Waals surface area contributed by atoms with Crippen molar-refractivity contribution in [3.8, 4) is 0 Å². The van der Waals surface area contributed by atoms with E-state index in [1.54, 1.807) is 29.2 Å². The van der Waals surface area contributed by atoms with E-state index in [-0.39, 0.29) is 37.4 Å². The molecule has 6 nitrogen and oxygen atoms in total. The van der Waals surface area contributed by atoms with Gasteiger partial charge in [-0.15, -0.1) is 0 Å². The number of hydrogen-bond donors (Lipinski definition) is 1. The lowest BCUT2D eigenvalue weighted by molar-refractivity contribution is -0.153. The molecular formula is C22H25ClN2O4. The van der Waals surface area contributed by atoms with E-state index >= 15 is 0 Å². The molecule has 0 aliphatic rings. The molecule has 29 heavy (non-hydrogen) atoms. The fourth-order valence-electron chi connectivity index (χ4n) is 2.62. The zero-order valence-corrected chi connectivity index (χ0v) is 17.3. The van der Waals surface area contributed by atoms with E-state index in [9.17, 15) is 14.4 Å². The highest BCUT2D eigenvalue weighted by atomic mass is 35.5.